The third kappa shape index (κ3) is 3.67. The number of nitro groups is 1. The maximum Gasteiger partial charge on any atom is 0.311 e. The largest absolute Gasteiger partial charge is 0.481 e. The molecular formula is C20H20N4O7S. The zero-order valence-electron chi connectivity index (χ0n) is 16.8. The van der Waals surface area contributed by atoms with Gasteiger partial charge in [-0.3, -0.25) is 14.9 Å². The summed E-state index contributed by atoms with van der Waals surface area (Å²) in [5, 5.41) is 24.5. The Labute approximate surface area is 182 Å². The van der Waals surface area contributed by atoms with Crippen LogP contribution >= 0.6 is 0 Å². The summed E-state index contributed by atoms with van der Waals surface area (Å²) in [6.07, 6.45) is 2.75. The predicted octanol–water partition coefficient (Wildman–Crippen LogP) is 2.47. The van der Waals surface area contributed by atoms with Crippen LogP contribution in [0.2, 0.25) is 0 Å². The number of rotatable bonds is 7. The number of hydrogen-bond acceptors (Lipinski definition) is 8. The van der Waals surface area contributed by atoms with Crippen LogP contribution in [0.1, 0.15) is 12.8 Å². The van der Waals surface area contributed by atoms with Gasteiger partial charge >= 0.3 is 11.7 Å². The van der Waals surface area contributed by atoms with Crippen molar-refractivity contribution >= 4 is 38.4 Å². The van der Waals surface area contributed by atoms with Gasteiger partial charge in [-0.1, -0.05) is 18.2 Å². The fraction of sp³-hybridized carbons (Fsp3) is 0.300. The first-order valence-corrected chi connectivity index (χ1v) is 11.2. The van der Waals surface area contributed by atoms with Gasteiger partial charge in [-0.15, -0.1) is 0 Å². The molecule has 32 heavy (non-hydrogen) atoms. The minimum Gasteiger partial charge on any atom is -0.481 e. The maximum absolute atomic E-state index is 13.1. The number of carboxylic acid groups (broad SMARTS) is 1. The molecule has 0 amide bonds. The monoisotopic (exact) mass is 460 g/mol. The Morgan fingerprint density at radius 3 is 2.56 bits per heavy atom. The number of aromatic nitrogens is 2. The number of aliphatic carboxylic acids is 1. The third-order valence-electron chi connectivity index (χ3n) is 5.66. The summed E-state index contributed by atoms with van der Waals surface area (Å²) in [6.45, 7) is 0.462. The molecule has 1 aliphatic heterocycles. The molecule has 11 nitrogen and oxygen atoms in total. The van der Waals surface area contributed by atoms with E-state index in [1.54, 1.807) is 18.2 Å². The summed E-state index contributed by atoms with van der Waals surface area (Å²) < 4.78 is 32.3. The van der Waals surface area contributed by atoms with Gasteiger partial charge in [-0.05, 0) is 31.0 Å². The normalized spacial score (nSPS) is 16.0. The standard InChI is InChI=1S/C20H20N4O7S/c25-19(26)20(7-10-31-11-8-20)13-22-17-15-6-9-23(18(15)21-12-16(17)24(27)28)32(29,30)14-4-2-1-3-5-14/h1-6,9,12H,7-8,10-11,13H2,(H,21,22)(H,25,26). The Morgan fingerprint density at radius 2 is 1.94 bits per heavy atom. The van der Waals surface area contributed by atoms with E-state index in [0.717, 1.165) is 10.2 Å². The SMILES string of the molecule is O=C(O)C1(CNc2c([N+](=O)[O-])cnc3c2ccn3S(=O)(=O)c2ccccc2)CCOCC1. The van der Waals surface area contributed by atoms with Crippen LogP contribution in [0.15, 0.2) is 53.7 Å². The van der Waals surface area contributed by atoms with Crippen molar-refractivity contribution in [2.24, 2.45) is 5.41 Å². The van der Waals surface area contributed by atoms with E-state index in [4.69, 9.17) is 4.74 Å². The van der Waals surface area contributed by atoms with Gasteiger partial charge in [0.15, 0.2) is 5.65 Å². The molecule has 2 N–H and O–H groups in total. The van der Waals surface area contributed by atoms with E-state index in [-0.39, 0.29) is 59.9 Å². The highest BCUT2D eigenvalue weighted by Gasteiger charge is 2.40. The molecule has 4 rings (SSSR count). The molecule has 12 heteroatoms. The fourth-order valence-corrected chi connectivity index (χ4v) is 5.09. The van der Waals surface area contributed by atoms with Crippen molar-refractivity contribution in [1.82, 2.24) is 8.96 Å². The second-order valence-electron chi connectivity index (χ2n) is 7.49. The van der Waals surface area contributed by atoms with Gasteiger partial charge in [0.1, 0.15) is 11.9 Å². The predicted molar refractivity (Wildman–Crippen MR) is 114 cm³/mol. The fourth-order valence-electron chi connectivity index (χ4n) is 3.76. The van der Waals surface area contributed by atoms with Crippen molar-refractivity contribution in [2.45, 2.75) is 17.7 Å². The summed E-state index contributed by atoms with van der Waals surface area (Å²) in [7, 11) is -3.99. The van der Waals surface area contributed by atoms with Gasteiger partial charge in [0.25, 0.3) is 10.0 Å². The topological polar surface area (TPSA) is 154 Å². The van der Waals surface area contributed by atoms with Crippen molar-refractivity contribution < 1.29 is 28.0 Å². The molecule has 1 saturated heterocycles. The molecule has 3 heterocycles. The van der Waals surface area contributed by atoms with Crippen molar-refractivity contribution in [3.63, 3.8) is 0 Å². The first kappa shape index (κ1) is 21.7. The van der Waals surface area contributed by atoms with Crippen LogP contribution in [0.5, 0.6) is 0 Å². The summed E-state index contributed by atoms with van der Waals surface area (Å²) in [5.74, 6) is -1.02. The number of hydrogen-bond donors (Lipinski definition) is 2. The quantitative estimate of drug-likeness (QED) is 0.400. The highest BCUT2D eigenvalue weighted by molar-refractivity contribution is 7.90. The lowest BCUT2D eigenvalue weighted by atomic mass is 9.80. The zero-order chi connectivity index (χ0) is 22.9. The number of carbonyl (C=O) groups is 1. The van der Waals surface area contributed by atoms with Gasteiger partial charge in [-0.2, -0.15) is 0 Å². The Morgan fingerprint density at radius 1 is 1.25 bits per heavy atom. The molecule has 1 fully saturated rings. The third-order valence-corrected chi connectivity index (χ3v) is 7.35. The Bertz CT molecular complexity index is 1280. The highest BCUT2D eigenvalue weighted by atomic mass is 32.2. The highest BCUT2D eigenvalue weighted by Crippen LogP contribution is 2.37. The molecule has 0 atom stereocenters. The van der Waals surface area contributed by atoms with Crippen LogP contribution in [-0.4, -0.2) is 53.1 Å². The van der Waals surface area contributed by atoms with Gasteiger partial charge in [-0.25, -0.2) is 17.4 Å². The van der Waals surface area contributed by atoms with Crippen LogP contribution in [0, 0.1) is 15.5 Å². The van der Waals surface area contributed by atoms with Crippen molar-refractivity contribution in [3.05, 3.63) is 58.9 Å². The second-order valence-corrected chi connectivity index (χ2v) is 9.31. The van der Waals surface area contributed by atoms with E-state index in [1.165, 1.54) is 24.4 Å². The van der Waals surface area contributed by atoms with Crippen molar-refractivity contribution in [2.75, 3.05) is 25.1 Å². The number of benzene rings is 1. The maximum atomic E-state index is 13.1. The first-order chi connectivity index (χ1) is 15.3. The van der Waals surface area contributed by atoms with E-state index in [9.17, 15) is 28.4 Å². The smallest absolute Gasteiger partial charge is 0.311 e. The molecule has 2 aromatic heterocycles. The van der Waals surface area contributed by atoms with Crippen molar-refractivity contribution in [3.8, 4) is 0 Å². The number of nitrogens with zero attached hydrogens (tertiary/aromatic N) is 3. The first-order valence-electron chi connectivity index (χ1n) is 9.76. The van der Waals surface area contributed by atoms with Crippen LogP contribution < -0.4 is 5.32 Å². The Kier molecular flexibility index (Phi) is 5.57. The molecule has 168 valence electrons. The molecule has 0 saturated carbocycles. The van der Waals surface area contributed by atoms with Gasteiger partial charge < -0.3 is 15.2 Å². The number of carboxylic acids is 1. The Balaban J connectivity index is 1.79. The number of nitrogens with one attached hydrogen (secondary N) is 1. The lowest BCUT2D eigenvalue weighted by molar-refractivity contribution is -0.384. The molecule has 3 aromatic rings. The number of pyridine rings is 1. The Hall–Kier alpha value is -3.51. The average Bonchev–Trinajstić information content (AvgIpc) is 3.23. The average molecular weight is 460 g/mol. The van der Waals surface area contributed by atoms with Crippen LogP contribution in [0.3, 0.4) is 0 Å². The summed E-state index contributed by atoms with van der Waals surface area (Å²) >= 11 is 0. The minimum atomic E-state index is -3.99. The molecule has 1 aromatic carbocycles. The van der Waals surface area contributed by atoms with E-state index >= 15 is 0 Å². The van der Waals surface area contributed by atoms with Crippen LogP contribution in [0.4, 0.5) is 11.4 Å². The number of anilines is 1. The number of ether oxygens (including phenoxy) is 1. The zero-order valence-corrected chi connectivity index (χ0v) is 17.6. The van der Waals surface area contributed by atoms with Gasteiger partial charge in [0, 0.05) is 26.0 Å². The summed E-state index contributed by atoms with van der Waals surface area (Å²) in [5.41, 5.74) is -1.51. The summed E-state index contributed by atoms with van der Waals surface area (Å²) in [6, 6.07) is 9.15. The lowest BCUT2D eigenvalue weighted by Crippen LogP contribution is -2.42. The van der Waals surface area contributed by atoms with Crippen LogP contribution in [-0.2, 0) is 19.6 Å². The van der Waals surface area contributed by atoms with Crippen molar-refractivity contribution in [1.29, 1.82) is 0 Å². The molecular weight excluding hydrogens is 440 g/mol. The van der Waals surface area contributed by atoms with E-state index in [1.807, 2.05) is 0 Å². The molecule has 0 aliphatic carbocycles. The van der Waals surface area contributed by atoms with Gasteiger partial charge in [0.05, 0.1) is 20.6 Å². The lowest BCUT2D eigenvalue weighted by Gasteiger charge is -2.33. The molecule has 0 radical (unpaired) electrons. The minimum absolute atomic E-state index is 0.00157. The van der Waals surface area contributed by atoms with E-state index in [0.29, 0.717) is 0 Å². The van der Waals surface area contributed by atoms with Gasteiger partial charge in [0.2, 0.25) is 0 Å². The summed E-state index contributed by atoms with van der Waals surface area (Å²) in [4.78, 5) is 27.0. The van der Waals surface area contributed by atoms with E-state index in [2.05, 4.69) is 10.3 Å². The second kappa shape index (κ2) is 8.20. The molecule has 1 aliphatic rings. The molecule has 0 bridgehead atoms. The molecule has 0 spiro atoms. The molecule has 0 unspecified atom stereocenters. The number of fused-ring (bicyclic) bond motifs is 1. The van der Waals surface area contributed by atoms with Crippen LogP contribution in [0.25, 0.3) is 11.0 Å². The van der Waals surface area contributed by atoms with E-state index < -0.39 is 26.3 Å².